The number of rotatable bonds is 0. The minimum atomic E-state index is -1.15. The van der Waals surface area contributed by atoms with Crippen LogP contribution in [0.4, 0.5) is 0 Å². The average Bonchev–Trinajstić information content (AvgIpc) is 2.45. The molecule has 2 rings (SSSR count). The van der Waals surface area contributed by atoms with Crippen molar-refractivity contribution in [3.63, 3.8) is 0 Å². The summed E-state index contributed by atoms with van der Waals surface area (Å²) in [7, 11) is 0. The topological polar surface area (TPSA) is 33.1 Å². The van der Waals surface area contributed by atoms with Crippen molar-refractivity contribution in [3.05, 3.63) is 28.0 Å². The van der Waals surface area contributed by atoms with Crippen LogP contribution in [0.25, 0.3) is 0 Å². The number of hydrogen-bond acceptors (Lipinski definition) is 2. The van der Waals surface area contributed by atoms with Crippen LogP contribution < -0.4 is 0 Å². The van der Waals surface area contributed by atoms with Gasteiger partial charge in [-0.1, -0.05) is 12.0 Å². The SMILES string of the molecule is C#CC1(O)CCc2ccc(Br)nc21. The highest BCUT2D eigenvalue weighted by molar-refractivity contribution is 9.10. The van der Waals surface area contributed by atoms with Crippen LogP contribution in [0.1, 0.15) is 17.7 Å². The van der Waals surface area contributed by atoms with Crippen molar-refractivity contribution in [2.24, 2.45) is 0 Å². The maximum Gasteiger partial charge on any atom is 0.168 e. The molecule has 0 aromatic carbocycles. The van der Waals surface area contributed by atoms with Crippen LogP contribution in [-0.2, 0) is 12.0 Å². The lowest BCUT2D eigenvalue weighted by Crippen LogP contribution is -2.20. The fourth-order valence-corrected chi connectivity index (χ4v) is 1.91. The molecule has 1 aliphatic rings. The van der Waals surface area contributed by atoms with Crippen LogP contribution >= 0.6 is 15.9 Å². The third kappa shape index (κ3) is 1.27. The van der Waals surface area contributed by atoms with E-state index in [2.05, 4.69) is 26.8 Å². The standard InChI is InChI=1S/C10H8BrNO/c1-2-10(13)6-5-7-3-4-8(11)12-9(7)10/h1,3-4,13H,5-6H2. The summed E-state index contributed by atoms with van der Waals surface area (Å²) in [6, 6.07) is 3.81. The van der Waals surface area contributed by atoms with Gasteiger partial charge in [0.1, 0.15) is 4.60 Å². The number of fused-ring (bicyclic) bond motifs is 1. The van der Waals surface area contributed by atoms with E-state index in [1.165, 1.54) is 0 Å². The van der Waals surface area contributed by atoms with E-state index in [4.69, 9.17) is 6.42 Å². The molecule has 1 unspecified atom stereocenters. The second-order valence-corrected chi connectivity index (χ2v) is 3.96. The molecule has 3 heteroatoms. The molecule has 0 bridgehead atoms. The third-order valence-corrected chi connectivity index (χ3v) is 2.77. The van der Waals surface area contributed by atoms with E-state index in [9.17, 15) is 5.11 Å². The molecule has 0 radical (unpaired) electrons. The maximum absolute atomic E-state index is 9.96. The van der Waals surface area contributed by atoms with E-state index in [0.29, 0.717) is 16.7 Å². The van der Waals surface area contributed by atoms with Crippen molar-refractivity contribution in [1.82, 2.24) is 4.98 Å². The molecule has 1 N–H and O–H groups in total. The summed E-state index contributed by atoms with van der Waals surface area (Å²) in [5.74, 6) is 2.40. The quantitative estimate of drug-likeness (QED) is 0.550. The molecule has 0 aliphatic heterocycles. The lowest BCUT2D eigenvalue weighted by atomic mass is 10.0. The number of aryl methyl sites for hydroxylation is 1. The Kier molecular flexibility index (Phi) is 1.90. The molecule has 0 amide bonds. The molecule has 2 nitrogen and oxygen atoms in total. The third-order valence-electron chi connectivity index (χ3n) is 2.33. The van der Waals surface area contributed by atoms with Gasteiger partial charge in [-0.05, 0) is 40.4 Å². The first kappa shape index (κ1) is 8.74. The zero-order valence-electron chi connectivity index (χ0n) is 6.92. The second-order valence-electron chi connectivity index (χ2n) is 3.15. The molecule has 1 heterocycles. The maximum atomic E-state index is 9.96. The molecule has 1 aromatic heterocycles. The van der Waals surface area contributed by atoms with E-state index < -0.39 is 5.60 Å². The van der Waals surface area contributed by atoms with Crippen molar-refractivity contribution in [2.45, 2.75) is 18.4 Å². The molecule has 0 saturated carbocycles. The number of aromatic nitrogens is 1. The minimum absolute atomic E-state index is 0.572. The highest BCUT2D eigenvalue weighted by Crippen LogP contribution is 2.35. The van der Waals surface area contributed by atoms with Crippen LogP contribution in [0, 0.1) is 12.3 Å². The molecule has 66 valence electrons. The number of hydrogen-bond donors (Lipinski definition) is 1. The second kappa shape index (κ2) is 2.83. The van der Waals surface area contributed by atoms with Crippen molar-refractivity contribution in [2.75, 3.05) is 0 Å². The smallest absolute Gasteiger partial charge is 0.168 e. The Morgan fingerprint density at radius 2 is 2.38 bits per heavy atom. The predicted molar refractivity (Wildman–Crippen MR) is 53.0 cm³/mol. The van der Waals surface area contributed by atoms with Gasteiger partial charge in [0.15, 0.2) is 5.60 Å². The van der Waals surface area contributed by atoms with Gasteiger partial charge >= 0.3 is 0 Å². The van der Waals surface area contributed by atoms with Crippen molar-refractivity contribution in [1.29, 1.82) is 0 Å². The highest BCUT2D eigenvalue weighted by Gasteiger charge is 2.36. The first-order valence-corrected chi connectivity index (χ1v) is 4.81. The Morgan fingerprint density at radius 1 is 1.62 bits per heavy atom. The van der Waals surface area contributed by atoms with Gasteiger partial charge in [-0.25, -0.2) is 4.98 Å². The Labute approximate surface area is 85.1 Å². The molecule has 0 spiro atoms. The van der Waals surface area contributed by atoms with E-state index in [-0.39, 0.29) is 0 Å². The molecular formula is C10H8BrNO. The van der Waals surface area contributed by atoms with E-state index in [1.54, 1.807) is 0 Å². The zero-order valence-corrected chi connectivity index (χ0v) is 8.50. The van der Waals surface area contributed by atoms with Crippen molar-refractivity contribution >= 4 is 15.9 Å². The summed E-state index contributed by atoms with van der Waals surface area (Å²) >= 11 is 3.25. The van der Waals surface area contributed by atoms with E-state index in [0.717, 1.165) is 12.0 Å². The summed E-state index contributed by atoms with van der Waals surface area (Å²) in [6.45, 7) is 0. The molecule has 1 atom stereocenters. The lowest BCUT2D eigenvalue weighted by Gasteiger charge is -2.14. The van der Waals surface area contributed by atoms with Gasteiger partial charge in [-0.15, -0.1) is 6.42 Å². The fraction of sp³-hybridized carbons (Fsp3) is 0.300. The van der Waals surface area contributed by atoms with Crippen LogP contribution in [0.15, 0.2) is 16.7 Å². The largest absolute Gasteiger partial charge is 0.372 e. The Morgan fingerprint density at radius 3 is 3.08 bits per heavy atom. The molecular weight excluding hydrogens is 230 g/mol. The number of halogens is 1. The number of terminal acetylenes is 1. The zero-order chi connectivity index (χ0) is 9.47. The average molecular weight is 238 g/mol. The van der Waals surface area contributed by atoms with Gasteiger partial charge in [0, 0.05) is 0 Å². The number of pyridine rings is 1. The highest BCUT2D eigenvalue weighted by atomic mass is 79.9. The summed E-state index contributed by atoms with van der Waals surface area (Å²) in [4.78, 5) is 4.20. The summed E-state index contributed by atoms with van der Waals surface area (Å²) in [5.41, 5.74) is 0.520. The molecule has 0 fully saturated rings. The van der Waals surface area contributed by atoms with Gasteiger partial charge in [-0.3, -0.25) is 0 Å². The van der Waals surface area contributed by atoms with Gasteiger partial charge in [0.25, 0.3) is 0 Å². The number of nitrogens with zero attached hydrogens (tertiary/aromatic N) is 1. The lowest BCUT2D eigenvalue weighted by molar-refractivity contribution is 0.0983. The Hall–Kier alpha value is -0.850. The monoisotopic (exact) mass is 237 g/mol. The van der Waals surface area contributed by atoms with Gasteiger partial charge < -0.3 is 5.11 Å². The van der Waals surface area contributed by atoms with Crippen LogP contribution in [-0.4, -0.2) is 10.1 Å². The first-order chi connectivity index (χ1) is 6.15. The fourth-order valence-electron chi connectivity index (χ4n) is 1.60. The molecule has 0 saturated heterocycles. The predicted octanol–water partition coefficient (Wildman–Crippen LogP) is 1.61. The van der Waals surface area contributed by atoms with Crippen molar-refractivity contribution < 1.29 is 5.11 Å². The normalized spacial score (nSPS) is 25.3. The summed E-state index contributed by atoms with van der Waals surface area (Å²) < 4.78 is 0.710. The molecule has 1 aromatic rings. The first-order valence-electron chi connectivity index (χ1n) is 4.02. The molecule has 1 aliphatic carbocycles. The van der Waals surface area contributed by atoms with Crippen LogP contribution in [0.3, 0.4) is 0 Å². The van der Waals surface area contributed by atoms with Gasteiger partial charge in [0.05, 0.1) is 5.69 Å². The van der Waals surface area contributed by atoms with Gasteiger partial charge in [0.2, 0.25) is 0 Å². The Bertz CT molecular complexity index is 396. The summed E-state index contributed by atoms with van der Waals surface area (Å²) in [5, 5.41) is 9.96. The van der Waals surface area contributed by atoms with Crippen LogP contribution in [0.5, 0.6) is 0 Å². The summed E-state index contributed by atoms with van der Waals surface area (Å²) in [6.07, 6.45) is 6.65. The van der Waals surface area contributed by atoms with E-state index >= 15 is 0 Å². The van der Waals surface area contributed by atoms with Gasteiger partial charge in [-0.2, -0.15) is 0 Å². The Balaban J connectivity index is 2.60. The minimum Gasteiger partial charge on any atom is -0.372 e. The van der Waals surface area contributed by atoms with Crippen LogP contribution in [0.2, 0.25) is 0 Å². The van der Waals surface area contributed by atoms with E-state index in [1.807, 2.05) is 12.1 Å². The number of aliphatic hydroxyl groups is 1. The molecule has 13 heavy (non-hydrogen) atoms. The van der Waals surface area contributed by atoms with Crippen molar-refractivity contribution in [3.8, 4) is 12.3 Å².